The van der Waals surface area contributed by atoms with Gasteiger partial charge in [-0.3, -0.25) is 6.08 Å². The molecule has 1 aliphatic carbocycles. The maximum atomic E-state index is 2.99. The summed E-state index contributed by atoms with van der Waals surface area (Å²) in [5.74, 6) is 0. The van der Waals surface area contributed by atoms with Crippen molar-refractivity contribution < 1.29 is 75.8 Å². The van der Waals surface area contributed by atoms with E-state index in [1.165, 1.54) is 0 Å². The van der Waals surface area contributed by atoms with Gasteiger partial charge in [-0.15, -0.1) is 6.42 Å². The molecule has 5 heteroatoms. The van der Waals surface area contributed by atoms with Crippen LogP contribution in [-0.2, 0) is 26.2 Å². The maximum absolute atomic E-state index is 2.99. The van der Waals surface area contributed by atoms with Crippen LogP contribution in [0, 0.1) is 6.08 Å². The van der Waals surface area contributed by atoms with Crippen LogP contribution in [0.2, 0.25) is 0 Å². The van der Waals surface area contributed by atoms with E-state index in [9.17, 15) is 0 Å². The Hall–Kier alpha value is 1.52. The number of rotatable bonds is 0. The molecule has 0 unspecified atom stereocenters. The Morgan fingerprint density at radius 2 is 1.50 bits per heavy atom. The molecular weight excluding hydrogens is 293 g/mol. The van der Waals surface area contributed by atoms with Gasteiger partial charge in [-0.1, -0.05) is 0 Å². The fourth-order valence-corrected chi connectivity index (χ4v) is 0.340. The molecule has 0 fully saturated rings. The average molecular weight is 298 g/mol. The fourth-order valence-electron chi connectivity index (χ4n) is 0.340. The Bertz CT molecular complexity index is 71.7. The van der Waals surface area contributed by atoms with Crippen LogP contribution < -0.4 is 49.6 Å². The van der Waals surface area contributed by atoms with Gasteiger partial charge in [0.2, 0.25) is 0 Å². The van der Waals surface area contributed by atoms with Gasteiger partial charge < -0.3 is 49.6 Å². The zero-order chi connectivity index (χ0) is 3.54. The van der Waals surface area contributed by atoms with E-state index < -0.39 is 0 Å². The van der Waals surface area contributed by atoms with Gasteiger partial charge in [-0.25, -0.2) is 12.2 Å². The first-order chi connectivity index (χ1) is 2.50. The third-order valence-electron chi connectivity index (χ3n) is 0.586. The molecule has 1 aliphatic rings. The molecule has 0 heterocycles. The molecular formula is C5H5Cl4Zr-. The molecule has 0 spiro atoms. The van der Waals surface area contributed by atoms with E-state index >= 15 is 0 Å². The van der Waals surface area contributed by atoms with E-state index in [4.69, 9.17) is 0 Å². The molecule has 10 heavy (non-hydrogen) atoms. The second kappa shape index (κ2) is 22.4. The first-order valence-corrected chi connectivity index (χ1v) is 1.72. The molecule has 0 nitrogen and oxygen atoms in total. The topological polar surface area (TPSA) is 0 Å². The zero-order valence-corrected chi connectivity index (χ0v) is 10.4. The van der Waals surface area contributed by atoms with Crippen LogP contribution in [0.25, 0.3) is 0 Å². The Morgan fingerprint density at radius 1 is 1.00 bits per heavy atom. The third kappa shape index (κ3) is 16.3. The van der Waals surface area contributed by atoms with Crippen LogP contribution in [-0.4, -0.2) is 0 Å². The second-order valence-electron chi connectivity index (χ2n) is 1.00. The van der Waals surface area contributed by atoms with Crippen molar-refractivity contribution in [2.24, 2.45) is 0 Å². The predicted octanol–water partition coefficient (Wildman–Crippen LogP) is -10.7. The van der Waals surface area contributed by atoms with Crippen molar-refractivity contribution in [3.63, 3.8) is 0 Å². The SMILES string of the molecule is [C-]1=CC=CC1.[Cl-].[Cl-].[Cl-].[Cl-].[Zr+4]. The molecule has 0 radical (unpaired) electrons. The number of halogens is 4. The minimum Gasteiger partial charge on any atom is -1.00 e. The predicted molar refractivity (Wildman–Crippen MR) is 21.6 cm³/mol. The normalized spacial score (nSPS) is 8.80. The molecule has 0 saturated carbocycles. The van der Waals surface area contributed by atoms with E-state index in [0.717, 1.165) is 6.42 Å². The summed E-state index contributed by atoms with van der Waals surface area (Å²) < 4.78 is 0. The summed E-state index contributed by atoms with van der Waals surface area (Å²) in [4.78, 5) is 0. The maximum Gasteiger partial charge on any atom is 4.00 e. The molecule has 0 bridgehead atoms. The van der Waals surface area contributed by atoms with Gasteiger partial charge in [-0.2, -0.15) is 6.08 Å². The molecule has 0 N–H and O–H groups in total. The van der Waals surface area contributed by atoms with E-state index in [1.54, 1.807) is 0 Å². The molecule has 0 amide bonds. The van der Waals surface area contributed by atoms with Gasteiger partial charge in [-0.05, 0) is 0 Å². The monoisotopic (exact) mass is 295 g/mol. The van der Waals surface area contributed by atoms with Crippen molar-refractivity contribution in [1.29, 1.82) is 0 Å². The van der Waals surface area contributed by atoms with Gasteiger partial charge in [0.25, 0.3) is 0 Å². The van der Waals surface area contributed by atoms with Gasteiger partial charge >= 0.3 is 26.2 Å². The van der Waals surface area contributed by atoms with Gasteiger partial charge in [0, 0.05) is 0 Å². The number of hydrogen-bond acceptors (Lipinski definition) is 0. The van der Waals surface area contributed by atoms with E-state index in [0.29, 0.717) is 0 Å². The van der Waals surface area contributed by atoms with Crippen LogP contribution in [0.1, 0.15) is 6.42 Å². The Balaban J connectivity index is -0.0000000167. The van der Waals surface area contributed by atoms with Crippen LogP contribution >= 0.6 is 0 Å². The van der Waals surface area contributed by atoms with Gasteiger partial charge in [0.05, 0.1) is 0 Å². The first kappa shape index (κ1) is 30.0. The van der Waals surface area contributed by atoms with Crippen LogP contribution in [0.15, 0.2) is 18.2 Å². The second-order valence-corrected chi connectivity index (χ2v) is 1.00. The molecule has 0 atom stereocenters. The van der Waals surface area contributed by atoms with E-state index in [-0.39, 0.29) is 75.8 Å². The summed E-state index contributed by atoms with van der Waals surface area (Å²) >= 11 is 0. The van der Waals surface area contributed by atoms with Crippen molar-refractivity contribution in [2.75, 3.05) is 0 Å². The largest absolute Gasteiger partial charge is 4.00 e. The Morgan fingerprint density at radius 3 is 1.60 bits per heavy atom. The van der Waals surface area contributed by atoms with Gasteiger partial charge in [0.15, 0.2) is 0 Å². The summed E-state index contributed by atoms with van der Waals surface area (Å²) in [7, 11) is 0. The van der Waals surface area contributed by atoms with Crippen molar-refractivity contribution in [3.8, 4) is 0 Å². The summed E-state index contributed by atoms with van der Waals surface area (Å²) in [6, 6.07) is 0. The molecule has 0 saturated heterocycles. The molecule has 58 valence electrons. The first-order valence-electron chi connectivity index (χ1n) is 1.72. The number of allylic oxidation sites excluding steroid dienone is 4. The van der Waals surface area contributed by atoms with Gasteiger partial charge in [0.1, 0.15) is 0 Å². The minimum atomic E-state index is 0. The smallest absolute Gasteiger partial charge is 1.00 e. The molecule has 0 aromatic carbocycles. The summed E-state index contributed by atoms with van der Waals surface area (Å²) in [5.41, 5.74) is 0. The third-order valence-corrected chi connectivity index (χ3v) is 0.586. The fraction of sp³-hybridized carbons (Fsp3) is 0.200. The Kier molecular flexibility index (Phi) is 67.3. The van der Waals surface area contributed by atoms with Crippen LogP contribution in [0.4, 0.5) is 0 Å². The summed E-state index contributed by atoms with van der Waals surface area (Å²) in [6.07, 6.45) is 10.0. The molecule has 0 aromatic rings. The van der Waals surface area contributed by atoms with E-state index in [2.05, 4.69) is 12.2 Å². The van der Waals surface area contributed by atoms with E-state index in [1.807, 2.05) is 12.2 Å². The van der Waals surface area contributed by atoms with Crippen LogP contribution in [0.3, 0.4) is 0 Å². The van der Waals surface area contributed by atoms with Crippen molar-refractivity contribution in [1.82, 2.24) is 0 Å². The number of hydrogen-bond donors (Lipinski definition) is 0. The average Bonchev–Trinajstić information content (AvgIpc) is 1.76. The zero-order valence-electron chi connectivity index (χ0n) is 4.95. The Labute approximate surface area is 106 Å². The standard InChI is InChI=1S/C5H5.4ClH.Zr/c1-2-4-5-3-1;;;;;/h1-3H,4H2;4*1H;/q-1;;;;;+4/p-4. The molecule has 0 aliphatic heterocycles. The van der Waals surface area contributed by atoms with Crippen molar-refractivity contribution in [2.45, 2.75) is 6.42 Å². The minimum absolute atomic E-state index is 0. The van der Waals surface area contributed by atoms with Crippen molar-refractivity contribution >= 4 is 0 Å². The summed E-state index contributed by atoms with van der Waals surface area (Å²) in [6.45, 7) is 0. The van der Waals surface area contributed by atoms with Crippen molar-refractivity contribution in [3.05, 3.63) is 24.3 Å². The summed E-state index contributed by atoms with van der Waals surface area (Å²) in [5, 5.41) is 0. The molecule has 0 aromatic heterocycles. The van der Waals surface area contributed by atoms with Crippen LogP contribution in [0.5, 0.6) is 0 Å². The quantitative estimate of drug-likeness (QED) is 0.390. The molecule has 1 rings (SSSR count).